The van der Waals surface area contributed by atoms with Gasteiger partial charge in [-0.05, 0) is 42.8 Å². The van der Waals surface area contributed by atoms with E-state index >= 15 is 0 Å². The molecular weight excluding hydrogens is 284 g/mol. The Morgan fingerprint density at radius 3 is 2.50 bits per heavy atom. The summed E-state index contributed by atoms with van der Waals surface area (Å²) in [6, 6.07) is 9.21. The fourth-order valence-corrected chi connectivity index (χ4v) is 2.39. The van der Waals surface area contributed by atoms with Gasteiger partial charge in [-0.15, -0.1) is 0 Å². The van der Waals surface area contributed by atoms with Gasteiger partial charge in [0.15, 0.2) is 16.9 Å². The third-order valence-corrected chi connectivity index (χ3v) is 3.42. The molecule has 5 heteroatoms. The Bertz CT molecular complexity index is 924. The van der Waals surface area contributed by atoms with E-state index in [-0.39, 0.29) is 22.3 Å². The monoisotopic (exact) mass is 298 g/mol. The lowest BCUT2D eigenvalue weighted by atomic mass is 10.1. The highest BCUT2D eigenvalue weighted by Gasteiger charge is 2.12. The number of fused-ring (bicyclic) bond motifs is 1. The molecule has 1 heterocycles. The SMILES string of the molecule is COc1ccc(-c2cc(=O)c3c(O)cc(C)cc3o2)cc1O. The summed E-state index contributed by atoms with van der Waals surface area (Å²) >= 11 is 0. The standard InChI is InChI=1S/C17H14O5/c1-9-5-12(19)17-13(20)8-15(22-16(17)6-9)10-3-4-14(21-2)11(18)7-10/h3-8,18-19H,1-2H3. The van der Waals surface area contributed by atoms with Crippen LogP contribution >= 0.6 is 0 Å². The molecule has 0 unspecified atom stereocenters. The lowest BCUT2D eigenvalue weighted by Gasteiger charge is -2.07. The average molecular weight is 298 g/mol. The number of aryl methyl sites for hydroxylation is 1. The molecule has 0 aliphatic carbocycles. The van der Waals surface area contributed by atoms with Gasteiger partial charge in [0.25, 0.3) is 0 Å². The van der Waals surface area contributed by atoms with Crippen LogP contribution in [-0.4, -0.2) is 17.3 Å². The molecule has 22 heavy (non-hydrogen) atoms. The maximum absolute atomic E-state index is 12.2. The van der Waals surface area contributed by atoms with E-state index in [4.69, 9.17) is 9.15 Å². The van der Waals surface area contributed by atoms with Crippen molar-refractivity contribution in [3.8, 4) is 28.6 Å². The smallest absolute Gasteiger partial charge is 0.197 e. The number of phenolic OH excluding ortho intramolecular Hbond substituents is 2. The second-order valence-electron chi connectivity index (χ2n) is 5.02. The van der Waals surface area contributed by atoms with Crippen molar-refractivity contribution in [2.45, 2.75) is 6.92 Å². The number of aromatic hydroxyl groups is 2. The first kappa shape index (κ1) is 14.0. The van der Waals surface area contributed by atoms with Crippen molar-refractivity contribution in [3.05, 3.63) is 52.2 Å². The first-order chi connectivity index (χ1) is 10.5. The lowest BCUT2D eigenvalue weighted by molar-refractivity contribution is 0.373. The van der Waals surface area contributed by atoms with Gasteiger partial charge in [-0.3, -0.25) is 4.79 Å². The molecule has 0 saturated heterocycles. The van der Waals surface area contributed by atoms with Crippen LogP contribution in [0.25, 0.3) is 22.3 Å². The summed E-state index contributed by atoms with van der Waals surface area (Å²) in [5.74, 6) is 0.489. The van der Waals surface area contributed by atoms with E-state index in [0.717, 1.165) is 5.56 Å². The fourth-order valence-electron chi connectivity index (χ4n) is 2.39. The van der Waals surface area contributed by atoms with Gasteiger partial charge in [-0.1, -0.05) is 0 Å². The van der Waals surface area contributed by atoms with E-state index in [1.807, 2.05) is 0 Å². The zero-order valence-corrected chi connectivity index (χ0v) is 12.1. The van der Waals surface area contributed by atoms with Crippen molar-refractivity contribution in [1.82, 2.24) is 0 Å². The summed E-state index contributed by atoms with van der Waals surface area (Å²) in [5, 5.41) is 19.9. The average Bonchev–Trinajstić information content (AvgIpc) is 2.45. The summed E-state index contributed by atoms with van der Waals surface area (Å²) < 4.78 is 10.7. The molecule has 0 spiro atoms. The molecule has 1 aromatic heterocycles. The van der Waals surface area contributed by atoms with Crippen LogP contribution in [0.4, 0.5) is 0 Å². The predicted molar refractivity (Wildman–Crippen MR) is 82.5 cm³/mol. The zero-order chi connectivity index (χ0) is 15.9. The molecule has 0 atom stereocenters. The lowest BCUT2D eigenvalue weighted by Crippen LogP contribution is -2.01. The second-order valence-corrected chi connectivity index (χ2v) is 5.02. The molecule has 0 saturated carbocycles. The van der Waals surface area contributed by atoms with Crippen LogP contribution < -0.4 is 10.2 Å². The van der Waals surface area contributed by atoms with Crippen molar-refractivity contribution in [2.24, 2.45) is 0 Å². The topological polar surface area (TPSA) is 79.9 Å². The zero-order valence-electron chi connectivity index (χ0n) is 12.1. The first-order valence-electron chi connectivity index (χ1n) is 6.64. The molecule has 0 fully saturated rings. The highest BCUT2D eigenvalue weighted by atomic mass is 16.5. The molecule has 0 radical (unpaired) electrons. The van der Waals surface area contributed by atoms with Crippen LogP contribution in [0.1, 0.15) is 5.56 Å². The molecule has 5 nitrogen and oxygen atoms in total. The Morgan fingerprint density at radius 1 is 1.05 bits per heavy atom. The van der Waals surface area contributed by atoms with E-state index in [9.17, 15) is 15.0 Å². The van der Waals surface area contributed by atoms with E-state index in [2.05, 4.69) is 0 Å². The van der Waals surface area contributed by atoms with Gasteiger partial charge < -0.3 is 19.4 Å². The van der Waals surface area contributed by atoms with Crippen LogP contribution in [-0.2, 0) is 0 Å². The van der Waals surface area contributed by atoms with E-state index in [1.165, 1.54) is 25.3 Å². The molecule has 3 aromatic rings. The minimum absolute atomic E-state index is 0.0464. The second kappa shape index (κ2) is 5.11. The van der Waals surface area contributed by atoms with Crippen molar-refractivity contribution in [1.29, 1.82) is 0 Å². The normalized spacial score (nSPS) is 10.8. The summed E-state index contributed by atoms with van der Waals surface area (Å²) in [5.41, 5.74) is 1.28. The first-order valence-corrected chi connectivity index (χ1v) is 6.64. The minimum atomic E-state index is -0.343. The largest absolute Gasteiger partial charge is 0.507 e. The molecule has 0 aliphatic rings. The summed E-state index contributed by atoms with van der Waals surface area (Å²) in [6.07, 6.45) is 0. The molecule has 0 amide bonds. The van der Waals surface area contributed by atoms with Crippen molar-refractivity contribution in [2.75, 3.05) is 7.11 Å². The Morgan fingerprint density at radius 2 is 1.82 bits per heavy atom. The molecule has 3 rings (SSSR count). The maximum atomic E-state index is 12.2. The molecular formula is C17H14O5. The summed E-state index contributed by atoms with van der Waals surface area (Å²) in [4.78, 5) is 12.2. The highest BCUT2D eigenvalue weighted by Crippen LogP contribution is 2.33. The van der Waals surface area contributed by atoms with Gasteiger partial charge in [0, 0.05) is 11.6 Å². The minimum Gasteiger partial charge on any atom is -0.507 e. The van der Waals surface area contributed by atoms with Crippen LogP contribution in [0, 0.1) is 6.92 Å². The number of phenols is 2. The van der Waals surface area contributed by atoms with Gasteiger partial charge in [-0.2, -0.15) is 0 Å². The van der Waals surface area contributed by atoms with Crippen LogP contribution in [0.15, 0.2) is 45.6 Å². The summed E-state index contributed by atoms with van der Waals surface area (Å²) in [7, 11) is 1.45. The van der Waals surface area contributed by atoms with E-state index < -0.39 is 0 Å². The number of ether oxygens (including phenoxy) is 1. The maximum Gasteiger partial charge on any atom is 0.197 e. The Hall–Kier alpha value is -2.95. The predicted octanol–water partition coefficient (Wildman–Crippen LogP) is 3.19. The van der Waals surface area contributed by atoms with Gasteiger partial charge >= 0.3 is 0 Å². The molecule has 0 aliphatic heterocycles. The number of hydrogen-bond donors (Lipinski definition) is 2. The van der Waals surface area contributed by atoms with Crippen LogP contribution in [0.5, 0.6) is 17.2 Å². The van der Waals surface area contributed by atoms with Gasteiger partial charge in [0.1, 0.15) is 22.5 Å². The van der Waals surface area contributed by atoms with Crippen molar-refractivity contribution in [3.63, 3.8) is 0 Å². The van der Waals surface area contributed by atoms with Crippen LogP contribution in [0.2, 0.25) is 0 Å². The number of hydrogen-bond acceptors (Lipinski definition) is 5. The molecule has 0 bridgehead atoms. The Balaban J connectivity index is 2.24. The number of benzene rings is 2. The molecule has 2 N–H and O–H groups in total. The molecule has 2 aromatic carbocycles. The summed E-state index contributed by atoms with van der Waals surface area (Å²) in [6.45, 7) is 1.80. The van der Waals surface area contributed by atoms with E-state index in [0.29, 0.717) is 22.7 Å². The third kappa shape index (κ3) is 2.26. The highest BCUT2D eigenvalue weighted by molar-refractivity contribution is 5.85. The van der Waals surface area contributed by atoms with Crippen molar-refractivity contribution >= 4 is 11.0 Å². The van der Waals surface area contributed by atoms with E-state index in [1.54, 1.807) is 25.1 Å². The quantitative estimate of drug-likeness (QED) is 0.759. The number of methoxy groups -OCH3 is 1. The van der Waals surface area contributed by atoms with Gasteiger partial charge in [-0.25, -0.2) is 0 Å². The van der Waals surface area contributed by atoms with Crippen LogP contribution in [0.3, 0.4) is 0 Å². The Kier molecular flexibility index (Phi) is 3.25. The van der Waals surface area contributed by atoms with Gasteiger partial charge in [0.2, 0.25) is 0 Å². The molecule has 112 valence electrons. The van der Waals surface area contributed by atoms with Gasteiger partial charge in [0.05, 0.1) is 7.11 Å². The fraction of sp³-hybridized carbons (Fsp3) is 0.118. The number of rotatable bonds is 2. The van der Waals surface area contributed by atoms with Crippen molar-refractivity contribution < 1.29 is 19.4 Å². The Labute approximate surface area is 126 Å². The third-order valence-electron chi connectivity index (χ3n) is 3.42.